The van der Waals surface area contributed by atoms with Gasteiger partial charge in [0.1, 0.15) is 11.6 Å². The maximum Gasteiger partial charge on any atom is 0.227 e. The molecule has 0 atom stereocenters. The van der Waals surface area contributed by atoms with Gasteiger partial charge in [0, 0.05) is 30.5 Å². The monoisotopic (exact) mass is 336 g/mol. The lowest BCUT2D eigenvalue weighted by Gasteiger charge is -2.22. The fourth-order valence-electron chi connectivity index (χ4n) is 2.33. The van der Waals surface area contributed by atoms with Crippen molar-refractivity contribution >= 4 is 29.1 Å². The van der Waals surface area contributed by atoms with Crippen LogP contribution in [0.15, 0.2) is 24.3 Å². The first kappa shape index (κ1) is 17.5. The molecule has 0 fully saturated rings. The summed E-state index contributed by atoms with van der Waals surface area (Å²) in [5.41, 5.74) is 1.57. The van der Waals surface area contributed by atoms with Crippen molar-refractivity contribution in [3.05, 3.63) is 40.8 Å². The van der Waals surface area contributed by atoms with E-state index in [1.165, 1.54) is 6.07 Å². The maximum absolute atomic E-state index is 13.2. The Kier molecular flexibility index (Phi) is 6.16. The third-order valence-electron chi connectivity index (χ3n) is 3.30. The zero-order valence-corrected chi connectivity index (χ0v) is 14.5. The van der Waals surface area contributed by atoms with Crippen LogP contribution in [0.3, 0.4) is 0 Å². The largest absolute Gasteiger partial charge is 0.341 e. The Morgan fingerprint density at radius 3 is 2.43 bits per heavy atom. The SMILES string of the molecule is CCCN(CCC)c1nc(C)cc(Nc2ccc(F)c(Cl)c2)n1. The smallest absolute Gasteiger partial charge is 0.227 e. The third-order valence-corrected chi connectivity index (χ3v) is 3.59. The second-order valence-corrected chi connectivity index (χ2v) is 5.84. The average Bonchev–Trinajstić information content (AvgIpc) is 2.50. The minimum absolute atomic E-state index is 0.0830. The van der Waals surface area contributed by atoms with Crippen molar-refractivity contribution in [2.24, 2.45) is 0 Å². The highest BCUT2D eigenvalue weighted by molar-refractivity contribution is 6.31. The van der Waals surface area contributed by atoms with E-state index in [1.54, 1.807) is 12.1 Å². The van der Waals surface area contributed by atoms with Crippen molar-refractivity contribution in [3.63, 3.8) is 0 Å². The molecule has 0 saturated carbocycles. The van der Waals surface area contributed by atoms with E-state index in [2.05, 4.69) is 34.0 Å². The van der Waals surface area contributed by atoms with Crippen molar-refractivity contribution in [1.29, 1.82) is 0 Å². The molecule has 1 heterocycles. The predicted octanol–water partition coefficient (Wildman–Crippen LogP) is 4.95. The summed E-state index contributed by atoms with van der Waals surface area (Å²) in [4.78, 5) is 11.3. The van der Waals surface area contributed by atoms with Gasteiger partial charge in [-0.05, 0) is 38.0 Å². The molecule has 0 aliphatic rings. The molecule has 0 aliphatic carbocycles. The average molecular weight is 337 g/mol. The van der Waals surface area contributed by atoms with Gasteiger partial charge >= 0.3 is 0 Å². The first-order chi connectivity index (χ1) is 11.0. The second-order valence-electron chi connectivity index (χ2n) is 5.44. The van der Waals surface area contributed by atoms with Gasteiger partial charge < -0.3 is 10.2 Å². The number of hydrogen-bond donors (Lipinski definition) is 1. The number of halogens is 2. The maximum atomic E-state index is 13.2. The summed E-state index contributed by atoms with van der Waals surface area (Å²) in [6.07, 6.45) is 2.07. The van der Waals surface area contributed by atoms with Crippen molar-refractivity contribution in [1.82, 2.24) is 9.97 Å². The van der Waals surface area contributed by atoms with E-state index in [0.29, 0.717) is 17.5 Å². The number of anilines is 3. The minimum atomic E-state index is -0.436. The number of benzene rings is 1. The lowest BCUT2D eigenvalue weighted by Crippen LogP contribution is -2.27. The number of hydrogen-bond acceptors (Lipinski definition) is 4. The Morgan fingerprint density at radius 1 is 1.13 bits per heavy atom. The summed E-state index contributed by atoms with van der Waals surface area (Å²) >= 11 is 5.82. The van der Waals surface area contributed by atoms with E-state index in [4.69, 9.17) is 11.6 Å². The first-order valence-corrected chi connectivity index (χ1v) is 8.24. The van der Waals surface area contributed by atoms with Gasteiger partial charge in [0.15, 0.2) is 0 Å². The Hall–Kier alpha value is -1.88. The summed E-state index contributed by atoms with van der Waals surface area (Å²) in [5, 5.41) is 3.25. The Morgan fingerprint density at radius 2 is 1.83 bits per heavy atom. The number of rotatable bonds is 7. The van der Waals surface area contributed by atoms with E-state index in [1.807, 2.05) is 13.0 Å². The molecule has 1 aromatic carbocycles. The van der Waals surface area contributed by atoms with Gasteiger partial charge in [-0.15, -0.1) is 0 Å². The zero-order valence-electron chi connectivity index (χ0n) is 13.7. The Labute approximate surface area is 141 Å². The molecule has 0 radical (unpaired) electrons. The van der Waals surface area contributed by atoms with Gasteiger partial charge in [0.2, 0.25) is 5.95 Å². The molecule has 2 aromatic rings. The summed E-state index contributed by atoms with van der Waals surface area (Å²) in [6.45, 7) is 8.04. The van der Waals surface area contributed by atoms with Crippen LogP contribution in [0, 0.1) is 12.7 Å². The molecule has 0 unspecified atom stereocenters. The van der Waals surface area contributed by atoms with Gasteiger partial charge in [-0.25, -0.2) is 9.37 Å². The molecule has 0 aliphatic heterocycles. The highest BCUT2D eigenvalue weighted by Crippen LogP contribution is 2.23. The third kappa shape index (κ3) is 4.79. The number of aromatic nitrogens is 2. The molecule has 6 heteroatoms. The Bertz CT molecular complexity index is 657. The molecular formula is C17H22ClFN4. The molecule has 0 saturated heterocycles. The summed E-state index contributed by atoms with van der Waals surface area (Å²) in [6, 6.07) is 6.37. The fourth-order valence-corrected chi connectivity index (χ4v) is 2.51. The van der Waals surface area contributed by atoms with Gasteiger partial charge in [0.05, 0.1) is 5.02 Å². The quantitative estimate of drug-likeness (QED) is 0.776. The first-order valence-electron chi connectivity index (χ1n) is 7.86. The Balaban J connectivity index is 2.26. The predicted molar refractivity (Wildman–Crippen MR) is 94.3 cm³/mol. The van der Waals surface area contributed by atoms with Crippen LogP contribution >= 0.6 is 11.6 Å². The standard InChI is InChI=1S/C17H22ClFN4/c1-4-8-23(9-5-2)17-20-12(3)10-16(22-17)21-13-6-7-15(19)14(18)11-13/h6-7,10-11H,4-5,8-9H2,1-3H3,(H,20,21,22). The minimum Gasteiger partial charge on any atom is -0.341 e. The van der Waals surface area contributed by atoms with E-state index in [-0.39, 0.29) is 5.02 Å². The molecular weight excluding hydrogens is 315 g/mol. The van der Waals surface area contributed by atoms with Crippen LogP contribution in [0.25, 0.3) is 0 Å². The van der Waals surface area contributed by atoms with Crippen molar-refractivity contribution in [3.8, 4) is 0 Å². The lowest BCUT2D eigenvalue weighted by molar-refractivity contribution is 0.628. The lowest BCUT2D eigenvalue weighted by atomic mass is 10.3. The van der Waals surface area contributed by atoms with Crippen LogP contribution in [-0.4, -0.2) is 23.1 Å². The molecule has 23 heavy (non-hydrogen) atoms. The fraction of sp³-hybridized carbons (Fsp3) is 0.412. The van der Waals surface area contributed by atoms with E-state index in [0.717, 1.165) is 31.6 Å². The molecule has 0 amide bonds. The van der Waals surface area contributed by atoms with Crippen LogP contribution in [0.4, 0.5) is 21.8 Å². The van der Waals surface area contributed by atoms with Crippen molar-refractivity contribution < 1.29 is 4.39 Å². The summed E-state index contributed by atoms with van der Waals surface area (Å²) in [7, 11) is 0. The topological polar surface area (TPSA) is 41.1 Å². The normalized spacial score (nSPS) is 10.7. The highest BCUT2D eigenvalue weighted by atomic mass is 35.5. The molecule has 0 bridgehead atoms. The van der Waals surface area contributed by atoms with Crippen LogP contribution in [0.2, 0.25) is 5.02 Å². The number of nitrogens with one attached hydrogen (secondary N) is 1. The molecule has 1 aromatic heterocycles. The van der Waals surface area contributed by atoms with Crippen LogP contribution in [-0.2, 0) is 0 Å². The van der Waals surface area contributed by atoms with Gasteiger partial charge in [-0.3, -0.25) is 0 Å². The molecule has 1 N–H and O–H groups in total. The highest BCUT2D eigenvalue weighted by Gasteiger charge is 2.10. The molecule has 2 rings (SSSR count). The second kappa shape index (κ2) is 8.11. The number of aryl methyl sites for hydroxylation is 1. The van der Waals surface area contributed by atoms with Gasteiger partial charge in [0.25, 0.3) is 0 Å². The molecule has 0 spiro atoms. The van der Waals surface area contributed by atoms with Crippen LogP contribution < -0.4 is 10.2 Å². The molecule has 4 nitrogen and oxygen atoms in total. The van der Waals surface area contributed by atoms with E-state index < -0.39 is 5.82 Å². The van der Waals surface area contributed by atoms with Gasteiger partial charge in [-0.1, -0.05) is 25.4 Å². The molecule has 124 valence electrons. The van der Waals surface area contributed by atoms with Crippen LogP contribution in [0.1, 0.15) is 32.4 Å². The summed E-state index contributed by atoms with van der Waals surface area (Å²) < 4.78 is 13.2. The number of nitrogens with zero attached hydrogens (tertiary/aromatic N) is 3. The van der Waals surface area contributed by atoms with Crippen LogP contribution in [0.5, 0.6) is 0 Å². The van der Waals surface area contributed by atoms with E-state index >= 15 is 0 Å². The van der Waals surface area contributed by atoms with Crippen molar-refractivity contribution in [2.75, 3.05) is 23.3 Å². The van der Waals surface area contributed by atoms with Crippen molar-refractivity contribution in [2.45, 2.75) is 33.6 Å². The summed E-state index contributed by atoms with van der Waals surface area (Å²) in [5.74, 6) is 0.950. The van der Waals surface area contributed by atoms with E-state index in [9.17, 15) is 4.39 Å². The zero-order chi connectivity index (χ0) is 16.8. The van der Waals surface area contributed by atoms with Gasteiger partial charge in [-0.2, -0.15) is 4.98 Å².